The molecule has 26 heavy (non-hydrogen) atoms. The van der Waals surface area contributed by atoms with Crippen LogP contribution < -0.4 is 4.90 Å². The van der Waals surface area contributed by atoms with Crippen molar-refractivity contribution in [2.75, 3.05) is 11.4 Å². The Bertz CT molecular complexity index is 1170. The molecule has 0 aliphatic carbocycles. The Balaban J connectivity index is 1.67. The van der Waals surface area contributed by atoms with E-state index >= 15 is 0 Å². The van der Waals surface area contributed by atoms with Crippen molar-refractivity contribution in [1.82, 2.24) is 24.7 Å². The number of rotatable bonds is 1. The quantitative estimate of drug-likeness (QED) is 0.574. The van der Waals surface area contributed by atoms with Crippen LogP contribution in [0.25, 0.3) is 21.9 Å². The maximum absolute atomic E-state index is 4.80. The standard InChI is InChI=1S/C20H22N6/c1-11-5-6-16-14(9-11)15-10-26(8-7-17(15)23-16)20-19-18(21-13(3)22-20)12(2)24-25(19)4/h5-6,9,23H,7-8,10H2,1-4H3. The molecule has 5 rings (SSSR count). The zero-order valence-electron chi connectivity index (χ0n) is 15.6. The van der Waals surface area contributed by atoms with E-state index in [9.17, 15) is 0 Å². The Labute approximate surface area is 151 Å². The van der Waals surface area contributed by atoms with E-state index in [-0.39, 0.29) is 0 Å². The molecular formula is C20H22N6. The number of fused-ring (bicyclic) bond motifs is 4. The van der Waals surface area contributed by atoms with Gasteiger partial charge in [0.05, 0.1) is 5.69 Å². The fourth-order valence-electron chi connectivity index (χ4n) is 4.15. The van der Waals surface area contributed by atoms with Crippen LogP contribution in [-0.4, -0.2) is 31.3 Å². The molecule has 132 valence electrons. The summed E-state index contributed by atoms with van der Waals surface area (Å²) in [5.74, 6) is 1.78. The predicted octanol–water partition coefficient (Wildman–Crippen LogP) is 3.33. The number of nitrogens with zero attached hydrogens (tertiary/aromatic N) is 5. The van der Waals surface area contributed by atoms with Gasteiger partial charge in [-0.15, -0.1) is 0 Å². The van der Waals surface area contributed by atoms with Crippen LogP contribution >= 0.6 is 0 Å². The number of hydrogen-bond donors (Lipinski definition) is 1. The zero-order chi connectivity index (χ0) is 18.0. The highest BCUT2D eigenvalue weighted by atomic mass is 15.3. The Kier molecular flexibility index (Phi) is 3.13. The van der Waals surface area contributed by atoms with Crippen molar-refractivity contribution < 1.29 is 0 Å². The van der Waals surface area contributed by atoms with E-state index < -0.39 is 0 Å². The van der Waals surface area contributed by atoms with Gasteiger partial charge in [-0.05, 0) is 32.9 Å². The number of hydrogen-bond acceptors (Lipinski definition) is 4. The van der Waals surface area contributed by atoms with E-state index in [0.717, 1.165) is 47.9 Å². The second kappa shape index (κ2) is 5.30. The number of H-pyrrole nitrogens is 1. The van der Waals surface area contributed by atoms with Crippen LogP contribution in [0.4, 0.5) is 5.82 Å². The Morgan fingerprint density at radius 1 is 1.12 bits per heavy atom. The van der Waals surface area contributed by atoms with E-state index in [1.54, 1.807) is 0 Å². The van der Waals surface area contributed by atoms with Gasteiger partial charge in [-0.25, -0.2) is 9.97 Å². The molecule has 0 saturated heterocycles. The molecule has 4 heterocycles. The van der Waals surface area contributed by atoms with Crippen molar-refractivity contribution in [3.63, 3.8) is 0 Å². The van der Waals surface area contributed by atoms with Crippen molar-refractivity contribution in [2.24, 2.45) is 7.05 Å². The van der Waals surface area contributed by atoms with Crippen LogP contribution in [0.15, 0.2) is 18.2 Å². The van der Waals surface area contributed by atoms with Crippen molar-refractivity contribution in [3.05, 3.63) is 46.5 Å². The molecule has 1 aromatic carbocycles. The summed E-state index contributed by atoms with van der Waals surface area (Å²) in [5.41, 5.74) is 8.18. The smallest absolute Gasteiger partial charge is 0.158 e. The first-order chi connectivity index (χ1) is 12.5. The minimum atomic E-state index is 0.796. The van der Waals surface area contributed by atoms with Gasteiger partial charge in [-0.1, -0.05) is 11.6 Å². The molecule has 0 atom stereocenters. The second-order valence-electron chi connectivity index (χ2n) is 7.30. The summed E-state index contributed by atoms with van der Waals surface area (Å²) in [6, 6.07) is 6.63. The number of anilines is 1. The molecule has 0 radical (unpaired) electrons. The highest BCUT2D eigenvalue weighted by Crippen LogP contribution is 2.33. The lowest BCUT2D eigenvalue weighted by Gasteiger charge is -2.29. The Hall–Kier alpha value is -2.89. The van der Waals surface area contributed by atoms with E-state index in [2.05, 4.69) is 45.1 Å². The van der Waals surface area contributed by atoms with Gasteiger partial charge >= 0.3 is 0 Å². The van der Waals surface area contributed by atoms with Gasteiger partial charge < -0.3 is 9.88 Å². The molecule has 6 heteroatoms. The third-order valence-corrected chi connectivity index (χ3v) is 5.37. The number of aromatic amines is 1. The fourth-order valence-corrected chi connectivity index (χ4v) is 4.15. The lowest BCUT2D eigenvalue weighted by molar-refractivity contribution is 0.708. The predicted molar refractivity (Wildman–Crippen MR) is 104 cm³/mol. The topological polar surface area (TPSA) is 62.6 Å². The summed E-state index contributed by atoms with van der Waals surface area (Å²) in [5, 5.41) is 5.89. The van der Waals surface area contributed by atoms with E-state index in [1.165, 1.54) is 27.7 Å². The average molecular weight is 346 g/mol. The molecule has 6 nitrogen and oxygen atoms in total. The summed E-state index contributed by atoms with van der Waals surface area (Å²) in [7, 11) is 1.97. The number of aromatic nitrogens is 5. The van der Waals surface area contributed by atoms with Gasteiger partial charge in [0.15, 0.2) is 5.82 Å². The summed E-state index contributed by atoms with van der Waals surface area (Å²) in [4.78, 5) is 15.4. The highest BCUT2D eigenvalue weighted by Gasteiger charge is 2.25. The van der Waals surface area contributed by atoms with Gasteiger partial charge in [0.2, 0.25) is 0 Å². The Morgan fingerprint density at radius 2 is 1.96 bits per heavy atom. The normalized spacial score (nSPS) is 14.4. The first-order valence-corrected chi connectivity index (χ1v) is 9.04. The van der Waals surface area contributed by atoms with Gasteiger partial charge in [0.1, 0.15) is 16.9 Å². The molecule has 1 N–H and O–H groups in total. The minimum absolute atomic E-state index is 0.796. The second-order valence-corrected chi connectivity index (χ2v) is 7.30. The maximum Gasteiger partial charge on any atom is 0.158 e. The van der Waals surface area contributed by atoms with Crippen molar-refractivity contribution in [2.45, 2.75) is 33.7 Å². The molecule has 3 aromatic heterocycles. The summed E-state index contributed by atoms with van der Waals surface area (Å²) < 4.78 is 1.91. The maximum atomic E-state index is 4.80. The molecule has 0 spiro atoms. The van der Waals surface area contributed by atoms with E-state index in [4.69, 9.17) is 4.98 Å². The summed E-state index contributed by atoms with van der Waals surface area (Å²) in [6.45, 7) is 7.91. The van der Waals surface area contributed by atoms with E-state index in [1.807, 2.05) is 25.6 Å². The molecule has 0 bridgehead atoms. The zero-order valence-corrected chi connectivity index (χ0v) is 15.6. The number of benzene rings is 1. The summed E-state index contributed by atoms with van der Waals surface area (Å²) >= 11 is 0. The fraction of sp³-hybridized carbons (Fsp3) is 0.350. The van der Waals surface area contributed by atoms with Crippen molar-refractivity contribution in [1.29, 1.82) is 0 Å². The molecular weight excluding hydrogens is 324 g/mol. The van der Waals surface area contributed by atoms with Crippen LogP contribution in [0.1, 0.15) is 28.3 Å². The Morgan fingerprint density at radius 3 is 2.81 bits per heavy atom. The van der Waals surface area contributed by atoms with Crippen molar-refractivity contribution >= 4 is 27.8 Å². The first-order valence-electron chi connectivity index (χ1n) is 9.04. The average Bonchev–Trinajstić information content (AvgIpc) is 3.11. The molecule has 0 saturated carbocycles. The monoisotopic (exact) mass is 346 g/mol. The van der Waals surface area contributed by atoms with Crippen LogP contribution in [0.2, 0.25) is 0 Å². The summed E-state index contributed by atoms with van der Waals surface area (Å²) in [6.07, 6.45) is 0.991. The largest absolute Gasteiger partial charge is 0.358 e. The molecule has 0 amide bonds. The molecule has 0 fully saturated rings. The lowest BCUT2D eigenvalue weighted by Crippen LogP contribution is -2.31. The van der Waals surface area contributed by atoms with Crippen molar-refractivity contribution in [3.8, 4) is 0 Å². The minimum Gasteiger partial charge on any atom is -0.358 e. The number of aryl methyl sites for hydroxylation is 4. The van der Waals surface area contributed by atoms with Gasteiger partial charge in [-0.3, -0.25) is 4.68 Å². The highest BCUT2D eigenvalue weighted by molar-refractivity contribution is 5.90. The first kappa shape index (κ1) is 15.4. The van der Waals surface area contributed by atoms with Crippen LogP contribution in [0.3, 0.4) is 0 Å². The van der Waals surface area contributed by atoms with Gasteiger partial charge in [0, 0.05) is 48.7 Å². The molecule has 1 aliphatic heterocycles. The van der Waals surface area contributed by atoms with Crippen LogP contribution in [-0.2, 0) is 20.0 Å². The third kappa shape index (κ3) is 2.14. The van der Waals surface area contributed by atoms with Crippen LogP contribution in [0, 0.1) is 20.8 Å². The van der Waals surface area contributed by atoms with Crippen LogP contribution in [0.5, 0.6) is 0 Å². The molecule has 1 aliphatic rings. The third-order valence-electron chi connectivity index (χ3n) is 5.37. The molecule has 4 aromatic rings. The molecule has 0 unspecified atom stereocenters. The van der Waals surface area contributed by atoms with Gasteiger partial charge in [-0.2, -0.15) is 5.10 Å². The van der Waals surface area contributed by atoms with Gasteiger partial charge in [0.25, 0.3) is 0 Å². The SMILES string of the molecule is Cc1ccc2[nH]c3c(c2c1)CN(c1nc(C)nc2c(C)nn(C)c12)CC3. The number of nitrogens with one attached hydrogen (secondary N) is 1. The lowest BCUT2D eigenvalue weighted by atomic mass is 10.0. The van der Waals surface area contributed by atoms with E-state index in [0.29, 0.717) is 0 Å².